The minimum atomic E-state index is -0.231. The monoisotopic (exact) mass is 474 g/mol. The number of carbonyl (C=O) groups is 1. The van der Waals surface area contributed by atoms with Crippen molar-refractivity contribution in [1.82, 2.24) is 10.2 Å². The average molecular weight is 475 g/mol. The van der Waals surface area contributed by atoms with Gasteiger partial charge >= 0.3 is 0 Å². The summed E-state index contributed by atoms with van der Waals surface area (Å²) in [6.07, 6.45) is 0. The van der Waals surface area contributed by atoms with Crippen molar-refractivity contribution >= 4 is 33.5 Å². The summed E-state index contributed by atoms with van der Waals surface area (Å²) in [6.45, 7) is 7.20. The van der Waals surface area contributed by atoms with Gasteiger partial charge in [-0.2, -0.15) is 0 Å². The third-order valence-electron chi connectivity index (χ3n) is 4.54. The number of carbonyl (C=O) groups excluding carboxylic acids is 1. The van der Waals surface area contributed by atoms with Crippen molar-refractivity contribution in [1.29, 1.82) is 0 Å². The Kier molecular flexibility index (Phi) is 8.67. The second kappa shape index (κ2) is 11.7. The van der Waals surface area contributed by atoms with Gasteiger partial charge in [0.05, 0.1) is 26.4 Å². The van der Waals surface area contributed by atoms with Crippen LogP contribution in [0, 0.1) is 0 Å². The molecule has 8 heteroatoms. The summed E-state index contributed by atoms with van der Waals surface area (Å²) >= 11 is 3.47. The lowest BCUT2D eigenvalue weighted by Gasteiger charge is -2.25. The number of guanidine groups is 1. The standard InChI is InChI=1S/C22H27BrN4O3/c1-2-30-20-8-6-17(7-9-20)21(28)26-22(25-19-5-3-4-18(23)16-19)24-10-11-27-12-14-29-15-13-27/h3-9,16H,2,10-15H2,1H3,(H2,24,25,26,28). The van der Waals surface area contributed by atoms with Crippen molar-refractivity contribution in [3.05, 3.63) is 58.6 Å². The van der Waals surface area contributed by atoms with Crippen molar-refractivity contribution in [2.75, 3.05) is 51.3 Å². The predicted molar refractivity (Wildman–Crippen MR) is 122 cm³/mol. The minimum Gasteiger partial charge on any atom is -0.494 e. The van der Waals surface area contributed by atoms with Crippen molar-refractivity contribution in [3.63, 3.8) is 0 Å². The normalized spacial score (nSPS) is 14.9. The highest BCUT2D eigenvalue weighted by atomic mass is 79.9. The van der Waals surface area contributed by atoms with Crippen LogP contribution in [0.4, 0.5) is 5.69 Å². The first kappa shape index (κ1) is 22.3. The van der Waals surface area contributed by atoms with Crippen LogP contribution in [0.5, 0.6) is 5.75 Å². The lowest BCUT2D eigenvalue weighted by Crippen LogP contribution is -2.39. The van der Waals surface area contributed by atoms with Gasteiger partial charge in [0, 0.05) is 35.4 Å². The summed E-state index contributed by atoms with van der Waals surface area (Å²) in [6, 6.07) is 14.8. The van der Waals surface area contributed by atoms with Gasteiger partial charge in [-0.15, -0.1) is 0 Å². The molecule has 7 nitrogen and oxygen atoms in total. The molecule has 0 radical (unpaired) electrons. The van der Waals surface area contributed by atoms with Gasteiger partial charge in [-0.1, -0.05) is 22.0 Å². The van der Waals surface area contributed by atoms with E-state index in [2.05, 4.69) is 36.5 Å². The second-order valence-electron chi connectivity index (χ2n) is 6.73. The summed E-state index contributed by atoms with van der Waals surface area (Å²) in [7, 11) is 0. The van der Waals surface area contributed by atoms with Gasteiger partial charge in [-0.25, -0.2) is 0 Å². The first-order valence-corrected chi connectivity index (χ1v) is 10.8. The van der Waals surface area contributed by atoms with Crippen LogP contribution in [-0.2, 0) is 4.74 Å². The Labute approximate surface area is 185 Å². The topological polar surface area (TPSA) is 75.2 Å². The summed E-state index contributed by atoms with van der Waals surface area (Å²) < 4.78 is 11.8. The molecule has 1 heterocycles. The number of hydrogen-bond donors (Lipinski definition) is 2. The highest BCUT2D eigenvalue weighted by Gasteiger charge is 2.12. The second-order valence-corrected chi connectivity index (χ2v) is 7.65. The van der Waals surface area contributed by atoms with Gasteiger partial charge in [-0.05, 0) is 49.4 Å². The zero-order chi connectivity index (χ0) is 21.2. The Bertz CT molecular complexity index is 852. The van der Waals surface area contributed by atoms with Crippen molar-refractivity contribution < 1.29 is 14.3 Å². The van der Waals surface area contributed by atoms with E-state index in [4.69, 9.17) is 9.47 Å². The van der Waals surface area contributed by atoms with E-state index in [0.29, 0.717) is 24.7 Å². The highest BCUT2D eigenvalue weighted by molar-refractivity contribution is 9.10. The van der Waals surface area contributed by atoms with Gasteiger partial charge < -0.3 is 14.8 Å². The number of rotatable bonds is 7. The number of nitrogens with one attached hydrogen (secondary N) is 2. The smallest absolute Gasteiger partial charge is 0.257 e. The first-order chi connectivity index (χ1) is 14.6. The Morgan fingerprint density at radius 1 is 1.20 bits per heavy atom. The molecular formula is C22H27BrN4O3. The SMILES string of the molecule is CCOc1ccc(C(=O)NC(=NCCN2CCOCC2)Nc2cccc(Br)c2)cc1. The van der Waals surface area contributed by atoms with Crippen LogP contribution in [0.2, 0.25) is 0 Å². The van der Waals surface area contributed by atoms with Gasteiger partial charge in [0.15, 0.2) is 0 Å². The quantitative estimate of drug-likeness (QED) is 0.475. The third-order valence-corrected chi connectivity index (χ3v) is 5.03. The molecule has 0 aromatic heterocycles. The van der Waals surface area contributed by atoms with Crippen molar-refractivity contribution in [3.8, 4) is 5.75 Å². The number of amides is 1. The van der Waals surface area contributed by atoms with E-state index in [1.807, 2.05) is 31.2 Å². The molecule has 0 bridgehead atoms. The van der Waals surface area contributed by atoms with Crippen LogP contribution in [0.1, 0.15) is 17.3 Å². The van der Waals surface area contributed by atoms with Gasteiger partial charge in [-0.3, -0.25) is 20.0 Å². The highest BCUT2D eigenvalue weighted by Crippen LogP contribution is 2.16. The third kappa shape index (κ3) is 7.12. The molecule has 0 spiro atoms. The maximum atomic E-state index is 12.7. The summed E-state index contributed by atoms with van der Waals surface area (Å²) in [5.74, 6) is 0.923. The molecule has 0 atom stereocenters. The van der Waals surface area contributed by atoms with Crippen LogP contribution in [0.15, 0.2) is 58.0 Å². The molecule has 160 valence electrons. The molecule has 1 fully saturated rings. The van der Waals surface area contributed by atoms with E-state index in [1.54, 1.807) is 24.3 Å². The molecule has 1 saturated heterocycles. The Morgan fingerprint density at radius 2 is 1.97 bits per heavy atom. The molecule has 0 saturated carbocycles. The maximum Gasteiger partial charge on any atom is 0.257 e. The molecule has 2 aromatic rings. The Hall–Kier alpha value is -2.42. The summed E-state index contributed by atoms with van der Waals surface area (Å²) in [5, 5.41) is 6.10. The van der Waals surface area contributed by atoms with Crippen LogP contribution in [-0.4, -0.2) is 62.8 Å². The van der Waals surface area contributed by atoms with E-state index >= 15 is 0 Å². The molecule has 1 aliphatic rings. The van der Waals surface area contributed by atoms with Crippen molar-refractivity contribution in [2.45, 2.75) is 6.92 Å². The van der Waals surface area contributed by atoms with E-state index in [-0.39, 0.29) is 5.91 Å². The first-order valence-electron chi connectivity index (χ1n) is 10.1. The fraction of sp³-hybridized carbons (Fsp3) is 0.364. The maximum absolute atomic E-state index is 12.7. The van der Waals surface area contributed by atoms with Crippen LogP contribution >= 0.6 is 15.9 Å². The molecule has 30 heavy (non-hydrogen) atoms. The largest absolute Gasteiger partial charge is 0.494 e. The van der Waals surface area contributed by atoms with Crippen molar-refractivity contribution in [2.24, 2.45) is 4.99 Å². The van der Waals surface area contributed by atoms with E-state index in [9.17, 15) is 4.79 Å². The van der Waals surface area contributed by atoms with Gasteiger partial charge in [0.25, 0.3) is 5.91 Å². The number of anilines is 1. The number of halogens is 1. The summed E-state index contributed by atoms with van der Waals surface area (Å²) in [4.78, 5) is 19.6. The number of ether oxygens (including phenoxy) is 2. The molecule has 1 aliphatic heterocycles. The van der Waals surface area contributed by atoms with Gasteiger partial charge in [0.2, 0.25) is 5.96 Å². The minimum absolute atomic E-state index is 0.231. The van der Waals surface area contributed by atoms with Crippen LogP contribution in [0.3, 0.4) is 0 Å². The molecule has 2 aromatic carbocycles. The molecule has 3 rings (SSSR count). The number of aliphatic imine (C=N–C) groups is 1. The molecule has 1 amide bonds. The average Bonchev–Trinajstić information content (AvgIpc) is 2.75. The Morgan fingerprint density at radius 3 is 2.67 bits per heavy atom. The lowest BCUT2D eigenvalue weighted by atomic mass is 10.2. The number of benzene rings is 2. The number of morpholine rings is 1. The summed E-state index contributed by atoms with van der Waals surface area (Å²) in [5.41, 5.74) is 1.37. The molecule has 0 unspecified atom stereocenters. The molecule has 2 N–H and O–H groups in total. The van der Waals surface area contributed by atoms with E-state index in [0.717, 1.165) is 48.8 Å². The fourth-order valence-electron chi connectivity index (χ4n) is 2.99. The molecular weight excluding hydrogens is 448 g/mol. The molecule has 0 aliphatic carbocycles. The van der Waals surface area contributed by atoms with Gasteiger partial charge in [0.1, 0.15) is 5.75 Å². The van der Waals surface area contributed by atoms with Crippen LogP contribution in [0.25, 0.3) is 0 Å². The number of hydrogen-bond acceptors (Lipinski definition) is 5. The van der Waals surface area contributed by atoms with Crippen LogP contribution < -0.4 is 15.4 Å². The zero-order valence-corrected chi connectivity index (χ0v) is 18.7. The van der Waals surface area contributed by atoms with E-state index < -0.39 is 0 Å². The predicted octanol–water partition coefficient (Wildman–Crippen LogP) is 3.38. The zero-order valence-electron chi connectivity index (χ0n) is 17.1. The van der Waals surface area contributed by atoms with E-state index in [1.165, 1.54) is 0 Å². The lowest BCUT2D eigenvalue weighted by molar-refractivity contribution is 0.0394. The number of nitrogens with zero attached hydrogens (tertiary/aromatic N) is 2. The Balaban J connectivity index is 1.67. The fourth-order valence-corrected chi connectivity index (χ4v) is 3.39.